The van der Waals surface area contributed by atoms with Crippen molar-refractivity contribution in [2.24, 2.45) is 0 Å². The molecule has 33 heavy (non-hydrogen) atoms. The van der Waals surface area contributed by atoms with E-state index in [4.69, 9.17) is 4.98 Å². The van der Waals surface area contributed by atoms with E-state index in [0.717, 1.165) is 12.2 Å². The molecule has 1 aliphatic heterocycles. The summed E-state index contributed by atoms with van der Waals surface area (Å²) in [5.41, 5.74) is 2.52. The summed E-state index contributed by atoms with van der Waals surface area (Å²) in [6.45, 7) is 7.30. The zero-order valence-corrected chi connectivity index (χ0v) is 18.9. The monoisotopic (exact) mass is 453 g/mol. The number of carboxylic acids is 1. The molecule has 2 bridgehead atoms. The van der Waals surface area contributed by atoms with Crippen LogP contribution in [-0.4, -0.2) is 88.1 Å². The van der Waals surface area contributed by atoms with Crippen molar-refractivity contribution >= 4 is 17.6 Å². The number of amides is 1. The molecule has 9 nitrogen and oxygen atoms in total. The number of nitrogens with zero attached hydrogens (tertiary/aromatic N) is 4. The normalized spacial score (nSPS) is 16.4. The molecule has 0 aliphatic carbocycles. The largest absolute Gasteiger partial charge is 0.512 e. The molecule has 1 aliphatic rings. The van der Waals surface area contributed by atoms with Gasteiger partial charge in [-0.3, -0.25) is 24.4 Å². The van der Waals surface area contributed by atoms with Crippen LogP contribution >= 0.6 is 0 Å². The summed E-state index contributed by atoms with van der Waals surface area (Å²) in [5.74, 6) is -1.05. The van der Waals surface area contributed by atoms with Crippen LogP contribution < -0.4 is 5.32 Å². The van der Waals surface area contributed by atoms with Crippen molar-refractivity contribution < 1.29 is 19.8 Å². The molecular weight excluding hydrogens is 422 g/mol. The van der Waals surface area contributed by atoms with Gasteiger partial charge >= 0.3 is 5.97 Å². The smallest absolute Gasteiger partial charge is 0.317 e. The number of anilines is 1. The van der Waals surface area contributed by atoms with Gasteiger partial charge in [0.1, 0.15) is 0 Å². The molecule has 176 valence electrons. The first-order valence-corrected chi connectivity index (χ1v) is 10.9. The Morgan fingerprint density at radius 3 is 2.09 bits per heavy atom. The number of rotatable bonds is 6. The van der Waals surface area contributed by atoms with Gasteiger partial charge in [-0.2, -0.15) is 0 Å². The molecule has 0 saturated heterocycles. The van der Waals surface area contributed by atoms with E-state index in [-0.39, 0.29) is 18.2 Å². The molecule has 3 N–H and O–H groups in total. The summed E-state index contributed by atoms with van der Waals surface area (Å²) in [5, 5.41) is 22.0. The third-order valence-corrected chi connectivity index (χ3v) is 5.36. The van der Waals surface area contributed by atoms with Gasteiger partial charge in [0.15, 0.2) is 0 Å². The van der Waals surface area contributed by atoms with E-state index in [1.54, 1.807) is 30.3 Å². The Bertz CT molecular complexity index is 934. The van der Waals surface area contributed by atoms with Crippen LogP contribution in [-0.2, 0) is 17.9 Å². The molecule has 0 saturated carbocycles. The van der Waals surface area contributed by atoms with Crippen LogP contribution in [0.5, 0.6) is 0 Å². The molecule has 2 aromatic rings. The molecule has 3 rings (SSSR count). The lowest BCUT2D eigenvalue weighted by atomic mass is 10.2. The van der Waals surface area contributed by atoms with Gasteiger partial charge in [0, 0.05) is 50.5 Å². The zero-order valence-electron chi connectivity index (χ0n) is 18.9. The molecular formula is C24H31N5O4. The molecule has 1 aromatic carbocycles. The van der Waals surface area contributed by atoms with Crippen molar-refractivity contribution in [1.82, 2.24) is 19.7 Å². The summed E-state index contributed by atoms with van der Waals surface area (Å²) in [7, 11) is 1.99. The fourth-order valence-corrected chi connectivity index (χ4v) is 3.75. The minimum atomic E-state index is -0.897. The number of nitrogens with one attached hydrogen (secondary N) is 1. The van der Waals surface area contributed by atoms with Crippen LogP contribution in [0, 0.1) is 0 Å². The van der Waals surface area contributed by atoms with Gasteiger partial charge in [0.05, 0.1) is 30.2 Å². The van der Waals surface area contributed by atoms with Crippen molar-refractivity contribution in [3.05, 3.63) is 71.8 Å². The Labute approximate surface area is 193 Å². The molecule has 0 fully saturated rings. The molecule has 0 spiro atoms. The molecule has 0 unspecified atom stereocenters. The van der Waals surface area contributed by atoms with Crippen molar-refractivity contribution in [2.75, 3.05) is 51.6 Å². The predicted octanol–water partition coefficient (Wildman–Crippen LogP) is 2.04. The topological polar surface area (TPSA) is 109 Å². The number of hydrogen-bond donors (Lipinski definition) is 3. The third kappa shape index (κ3) is 7.98. The minimum Gasteiger partial charge on any atom is -0.512 e. The average Bonchev–Trinajstić information content (AvgIpc) is 2.75. The van der Waals surface area contributed by atoms with Crippen LogP contribution in [0.4, 0.5) is 5.69 Å². The highest BCUT2D eigenvalue weighted by Gasteiger charge is 2.18. The van der Waals surface area contributed by atoms with E-state index < -0.39 is 5.97 Å². The lowest BCUT2D eigenvalue weighted by Crippen LogP contribution is -2.40. The number of carbonyl (C=O) groups excluding carboxylic acids is 1. The number of hydrogen-bond acceptors (Lipinski definition) is 7. The maximum absolute atomic E-state index is 12.7. The van der Waals surface area contributed by atoms with E-state index in [1.807, 2.05) is 29.0 Å². The van der Waals surface area contributed by atoms with Crippen LogP contribution in [0.3, 0.4) is 0 Å². The first kappa shape index (κ1) is 24.4. The Kier molecular flexibility index (Phi) is 8.53. The number of carboxylic acid groups (broad SMARTS) is 1. The Morgan fingerprint density at radius 1 is 0.970 bits per heavy atom. The van der Waals surface area contributed by atoms with Crippen molar-refractivity contribution in [3.8, 4) is 0 Å². The fraction of sp³-hybridized carbons (Fsp3) is 0.375. The molecule has 1 amide bonds. The first-order valence-electron chi connectivity index (χ1n) is 10.9. The minimum absolute atomic E-state index is 0.0751. The van der Waals surface area contributed by atoms with E-state index in [1.165, 1.54) is 0 Å². The van der Waals surface area contributed by atoms with E-state index in [9.17, 15) is 19.8 Å². The Balaban J connectivity index is 1.91. The number of aliphatic hydroxyl groups is 1. The third-order valence-electron chi connectivity index (χ3n) is 5.36. The van der Waals surface area contributed by atoms with Crippen LogP contribution in [0.1, 0.15) is 21.7 Å². The molecule has 1 aromatic heterocycles. The summed E-state index contributed by atoms with van der Waals surface area (Å²) in [6, 6.07) is 12.5. The van der Waals surface area contributed by atoms with Gasteiger partial charge in [-0.1, -0.05) is 24.8 Å². The molecule has 0 atom stereocenters. The van der Waals surface area contributed by atoms with Crippen molar-refractivity contribution in [3.63, 3.8) is 0 Å². The standard InChI is InChI=1S/C24H31N5O4/c1-18(30)14-28-10-8-27(2)9-11-29(17-23(31)32)16-22-13-20(12-21(15-28)25-22)26-24(33)19-6-4-3-5-7-19/h3-7,12-13,30H,1,8-11,14-17H2,2H3,(H,31,32)(H,25,26,33). The van der Waals surface area contributed by atoms with Gasteiger partial charge < -0.3 is 20.4 Å². The molecule has 9 heteroatoms. The van der Waals surface area contributed by atoms with Crippen molar-refractivity contribution in [1.29, 1.82) is 0 Å². The maximum Gasteiger partial charge on any atom is 0.317 e. The number of aliphatic carboxylic acids is 1. The van der Waals surface area contributed by atoms with Crippen LogP contribution in [0.2, 0.25) is 0 Å². The fourth-order valence-electron chi connectivity index (χ4n) is 3.75. The van der Waals surface area contributed by atoms with Crippen molar-refractivity contribution in [2.45, 2.75) is 13.1 Å². The van der Waals surface area contributed by atoms with Gasteiger partial charge in [0.25, 0.3) is 5.91 Å². The quantitative estimate of drug-likeness (QED) is 0.570. The Hall–Kier alpha value is -3.27. The number of aromatic nitrogens is 1. The van der Waals surface area contributed by atoms with Gasteiger partial charge in [-0.05, 0) is 31.3 Å². The van der Waals surface area contributed by atoms with Crippen LogP contribution in [0.15, 0.2) is 54.8 Å². The van der Waals surface area contributed by atoms with Gasteiger partial charge in [-0.15, -0.1) is 0 Å². The number of likely N-dealkylation sites (N-methyl/N-ethyl adjacent to an activating group) is 1. The van der Waals surface area contributed by atoms with Crippen LogP contribution in [0.25, 0.3) is 0 Å². The highest BCUT2D eigenvalue weighted by molar-refractivity contribution is 6.04. The molecule has 2 heterocycles. The zero-order chi connectivity index (χ0) is 23.8. The molecule has 0 radical (unpaired) electrons. The lowest BCUT2D eigenvalue weighted by molar-refractivity contribution is -0.138. The van der Waals surface area contributed by atoms with E-state index >= 15 is 0 Å². The number of benzene rings is 1. The Morgan fingerprint density at radius 2 is 1.55 bits per heavy atom. The second kappa shape index (κ2) is 11.6. The highest BCUT2D eigenvalue weighted by atomic mass is 16.4. The highest BCUT2D eigenvalue weighted by Crippen LogP contribution is 2.17. The van der Waals surface area contributed by atoms with Gasteiger partial charge in [-0.25, -0.2) is 0 Å². The average molecular weight is 454 g/mol. The summed E-state index contributed by atoms with van der Waals surface area (Å²) in [6.07, 6.45) is 0. The second-order valence-electron chi connectivity index (χ2n) is 8.34. The van der Waals surface area contributed by atoms with E-state index in [2.05, 4.69) is 16.8 Å². The number of pyridine rings is 1. The summed E-state index contributed by atoms with van der Waals surface area (Å²) < 4.78 is 0. The van der Waals surface area contributed by atoms with E-state index in [0.29, 0.717) is 56.2 Å². The summed E-state index contributed by atoms with van der Waals surface area (Å²) in [4.78, 5) is 34.8. The second-order valence-corrected chi connectivity index (χ2v) is 8.34. The van der Waals surface area contributed by atoms with Gasteiger partial charge in [0.2, 0.25) is 0 Å². The number of aliphatic hydroxyl groups excluding tert-OH is 1. The predicted molar refractivity (Wildman–Crippen MR) is 126 cm³/mol. The number of carbonyl (C=O) groups is 2. The first-order chi connectivity index (χ1) is 15.8. The summed E-state index contributed by atoms with van der Waals surface area (Å²) >= 11 is 0. The SMILES string of the molecule is C=C(O)CN1CCN(C)CCN(CC(=O)O)Cc2cc(NC(=O)c3ccccc3)cc(n2)C1. The maximum atomic E-state index is 12.7. The number of fused-ring (bicyclic) bond motifs is 2. The lowest BCUT2D eigenvalue weighted by Gasteiger charge is -2.28.